The Morgan fingerprint density at radius 1 is 1.19 bits per heavy atom. The molecule has 0 saturated carbocycles. The van der Waals surface area contributed by atoms with Crippen LogP contribution in [0.25, 0.3) is 10.9 Å². The Labute approximate surface area is 162 Å². The average molecular weight is 495 g/mol. The molecule has 0 bridgehead atoms. The Bertz CT molecular complexity index is 1060. The number of benzene rings is 2. The number of halogens is 5. The van der Waals surface area contributed by atoms with Crippen molar-refractivity contribution >= 4 is 57.0 Å². The van der Waals surface area contributed by atoms with Gasteiger partial charge in [0.2, 0.25) is 0 Å². The van der Waals surface area contributed by atoms with E-state index in [0.717, 1.165) is 16.8 Å². The number of hydrogen-bond donors (Lipinski definition) is 1. The summed E-state index contributed by atoms with van der Waals surface area (Å²) in [6.45, 7) is 0. The van der Waals surface area contributed by atoms with Gasteiger partial charge in [-0.3, -0.25) is 4.79 Å². The molecule has 0 fully saturated rings. The summed E-state index contributed by atoms with van der Waals surface area (Å²) in [6.07, 6.45) is -4.79. The maximum Gasteiger partial charge on any atom is 0.417 e. The summed E-state index contributed by atoms with van der Waals surface area (Å²) in [6, 6.07) is 6.95. The average Bonchev–Trinajstić information content (AvgIpc) is 2.89. The van der Waals surface area contributed by atoms with Crippen LogP contribution in [0.3, 0.4) is 0 Å². The third-order valence-corrected chi connectivity index (χ3v) is 4.72. The van der Waals surface area contributed by atoms with Crippen LogP contribution < -0.4 is 0 Å². The Hall–Kier alpha value is -2.14. The lowest BCUT2D eigenvalue weighted by atomic mass is 10.1. The fraction of sp³-hybridized carbons (Fsp3) is 0.0625. The fourth-order valence-electron chi connectivity index (χ4n) is 2.45. The molecule has 0 aliphatic rings. The zero-order valence-corrected chi connectivity index (χ0v) is 15.4. The first kappa shape index (κ1) is 18.6. The molecule has 0 unspecified atom stereocenters. The molecule has 3 rings (SSSR count). The van der Waals surface area contributed by atoms with Gasteiger partial charge in [-0.05, 0) is 52.9 Å². The van der Waals surface area contributed by atoms with Crippen LogP contribution in [0, 0.1) is 3.70 Å². The number of aromatic nitrogens is 2. The van der Waals surface area contributed by atoms with E-state index in [9.17, 15) is 22.8 Å². The highest BCUT2D eigenvalue weighted by molar-refractivity contribution is 14.1. The highest BCUT2D eigenvalue weighted by Crippen LogP contribution is 2.36. The molecule has 5 nitrogen and oxygen atoms in total. The quantitative estimate of drug-likeness (QED) is 0.524. The van der Waals surface area contributed by atoms with Gasteiger partial charge in [0.1, 0.15) is 3.70 Å². The monoisotopic (exact) mass is 494 g/mol. The normalized spacial score (nSPS) is 11.7. The second kappa shape index (κ2) is 6.54. The molecule has 0 aliphatic carbocycles. The van der Waals surface area contributed by atoms with Crippen LogP contribution in [0.1, 0.15) is 26.3 Å². The predicted molar refractivity (Wildman–Crippen MR) is 95.6 cm³/mol. The van der Waals surface area contributed by atoms with Gasteiger partial charge in [0.15, 0.2) is 0 Å². The molecule has 0 atom stereocenters. The first-order chi connectivity index (χ1) is 12.1. The lowest BCUT2D eigenvalue weighted by Gasteiger charge is -2.13. The number of rotatable bonds is 2. The summed E-state index contributed by atoms with van der Waals surface area (Å²) < 4.78 is 40.9. The summed E-state index contributed by atoms with van der Waals surface area (Å²) >= 11 is 7.67. The second-order valence-corrected chi connectivity index (χ2v) is 6.63. The Kier molecular flexibility index (Phi) is 4.69. The van der Waals surface area contributed by atoms with Crippen molar-refractivity contribution < 1.29 is 27.9 Å². The predicted octanol–water partition coefficient (Wildman–Crippen LogP) is 4.70. The molecule has 134 valence electrons. The van der Waals surface area contributed by atoms with E-state index in [1.54, 1.807) is 0 Å². The molecule has 0 amide bonds. The maximum absolute atomic E-state index is 13.3. The number of fused-ring (bicyclic) bond motifs is 1. The van der Waals surface area contributed by atoms with Crippen molar-refractivity contribution in [3.8, 4) is 0 Å². The summed E-state index contributed by atoms with van der Waals surface area (Å²) in [5.41, 5.74) is -1.99. The molecule has 2 aromatic carbocycles. The van der Waals surface area contributed by atoms with Crippen LogP contribution in [0.5, 0.6) is 0 Å². The number of hydrogen-bond acceptors (Lipinski definition) is 3. The fourth-order valence-corrected chi connectivity index (χ4v) is 3.38. The Balaban J connectivity index is 2.27. The van der Waals surface area contributed by atoms with Crippen LogP contribution in [0.4, 0.5) is 13.2 Å². The number of carboxylic acid groups (broad SMARTS) is 1. The minimum atomic E-state index is -4.79. The number of carbonyl (C=O) groups excluding carboxylic acids is 1. The van der Waals surface area contributed by atoms with Gasteiger partial charge >= 0.3 is 12.1 Å². The van der Waals surface area contributed by atoms with E-state index in [2.05, 4.69) is 5.10 Å². The molecule has 10 heteroatoms. The first-order valence-corrected chi connectivity index (χ1v) is 8.39. The zero-order chi connectivity index (χ0) is 19.2. The number of nitrogens with zero attached hydrogens (tertiary/aromatic N) is 2. The molecular weight excluding hydrogens is 488 g/mol. The largest absolute Gasteiger partial charge is 0.478 e. The smallest absolute Gasteiger partial charge is 0.417 e. The second-order valence-electron chi connectivity index (χ2n) is 5.21. The first-order valence-electron chi connectivity index (χ1n) is 6.93. The van der Waals surface area contributed by atoms with Gasteiger partial charge in [-0.15, -0.1) is 0 Å². The van der Waals surface area contributed by atoms with Gasteiger partial charge < -0.3 is 5.11 Å². The molecular formula is C16H7ClF3IN2O3. The number of carboxylic acids is 1. The summed E-state index contributed by atoms with van der Waals surface area (Å²) in [4.78, 5) is 24.0. The van der Waals surface area contributed by atoms with E-state index in [1.807, 2.05) is 22.6 Å². The van der Waals surface area contributed by atoms with Crippen molar-refractivity contribution in [2.24, 2.45) is 0 Å². The molecule has 0 spiro atoms. The third kappa shape index (κ3) is 3.16. The van der Waals surface area contributed by atoms with Gasteiger partial charge in [-0.1, -0.05) is 17.7 Å². The van der Waals surface area contributed by atoms with Crippen molar-refractivity contribution in [1.29, 1.82) is 0 Å². The molecule has 1 heterocycles. The van der Waals surface area contributed by atoms with Crippen LogP contribution in [-0.2, 0) is 6.18 Å². The third-order valence-electron chi connectivity index (χ3n) is 3.61. The summed E-state index contributed by atoms with van der Waals surface area (Å²) in [5.74, 6) is -2.34. The van der Waals surface area contributed by atoms with Gasteiger partial charge in [-0.2, -0.15) is 23.0 Å². The summed E-state index contributed by atoms with van der Waals surface area (Å²) in [7, 11) is 0. The lowest BCUT2D eigenvalue weighted by Crippen LogP contribution is -2.20. The van der Waals surface area contributed by atoms with Gasteiger partial charge in [0.05, 0.1) is 27.2 Å². The van der Waals surface area contributed by atoms with Crippen LogP contribution >= 0.6 is 34.2 Å². The van der Waals surface area contributed by atoms with E-state index in [1.165, 1.54) is 24.3 Å². The lowest BCUT2D eigenvalue weighted by molar-refractivity contribution is -0.137. The van der Waals surface area contributed by atoms with Crippen molar-refractivity contribution in [2.45, 2.75) is 6.18 Å². The van der Waals surface area contributed by atoms with Gasteiger partial charge in [0.25, 0.3) is 5.91 Å². The van der Waals surface area contributed by atoms with Crippen molar-refractivity contribution in [2.75, 3.05) is 0 Å². The standard InChI is InChI=1S/C16H7ClF3IN2O3/c17-10-3-1-2-9(16(18,19)20)12(10)14(24)23-11-6-7(15(25)26)4-5-8(11)13(21)22-23/h1-6H,(H,25,26). The highest BCUT2D eigenvalue weighted by Gasteiger charge is 2.37. The minimum Gasteiger partial charge on any atom is -0.478 e. The van der Waals surface area contributed by atoms with Crippen molar-refractivity contribution in [3.05, 3.63) is 61.8 Å². The number of alkyl halides is 3. The van der Waals surface area contributed by atoms with Crippen molar-refractivity contribution in [1.82, 2.24) is 9.78 Å². The van der Waals surface area contributed by atoms with Gasteiger partial charge in [0, 0.05) is 5.39 Å². The van der Waals surface area contributed by atoms with Crippen LogP contribution in [-0.4, -0.2) is 26.8 Å². The van der Waals surface area contributed by atoms with Crippen LogP contribution in [0.2, 0.25) is 5.02 Å². The van der Waals surface area contributed by atoms with E-state index < -0.39 is 29.2 Å². The molecule has 3 aromatic rings. The molecule has 0 radical (unpaired) electrons. The molecule has 26 heavy (non-hydrogen) atoms. The van der Waals surface area contributed by atoms with E-state index >= 15 is 0 Å². The van der Waals surface area contributed by atoms with Gasteiger partial charge in [-0.25, -0.2) is 4.79 Å². The Morgan fingerprint density at radius 2 is 1.88 bits per heavy atom. The Morgan fingerprint density at radius 3 is 2.50 bits per heavy atom. The van der Waals surface area contributed by atoms with E-state index in [0.29, 0.717) is 9.09 Å². The van der Waals surface area contributed by atoms with E-state index in [-0.39, 0.29) is 16.1 Å². The minimum absolute atomic E-state index is 0.0762. The zero-order valence-electron chi connectivity index (χ0n) is 12.5. The maximum atomic E-state index is 13.3. The molecule has 1 aromatic heterocycles. The molecule has 0 saturated heterocycles. The molecule has 1 N–H and O–H groups in total. The highest BCUT2D eigenvalue weighted by atomic mass is 127. The SMILES string of the molecule is O=C(O)c1ccc2c(I)nn(C(=O)c3c(Cl)cccc3C(F)(F)F)c2c1. The number of carbonyl (C=O) groups is 2. The topological polar surface area (TPSA) is 72.2 Å². The van der Waals surface area contributed by atoms with E-state index in [4.69, 9.17) is 16.7 Å². The number of aromatic carboxylic acids is 1. The van der Waals surface area contributed by atoms with Crippen LogP contribution in [0.15, 0.2) is 36.4 Å². The molecule has 0 aliphatic heterocycles. The van der Waals surface area contributed by atoms with Crippen molar-refractivity contribution in [3.63, 3.8) is 0 Å². The summed E-state index contributed by atoms with van der Waals surface area (Å²) in [5, 5.41) is 13.1.